The van der Waals surface area contributed by atoms with Gasteiger partial charge in [0.15, 0.2) is 0 Å². The fourth-order valence-electron chi connectivity index (χ4n) is 3.41. The summed E-state index contributed by atoms with van der Waals surface area (Å²) >= 11 is 0. The highest BCUT2D eigenvalue weighted by Gasteiger charge is 2.40. The second-order valence-corrected chi connectivity index (χ2v) is 7.51. The number of likely N-dealkylation sites (N-methyl/N-ethyl adjacent to an activating group) is 2. The average molecular weight is 374 g/mol. The molecule has 1 aliphatic carbocycles. The molecule has 1 aromatic rings. The average Bonchev–Trinajstić information content (AvgIpc) is 2.61. The topological polar surface area (TPSA) is 76.4 Å². The first-order valence-corrected chi connectivity index (χ1v) is 9.17. The van der Waals surface area contributed by atoms with Gasteiger partial charge in [-0.25, -0.2) is 4.39 Å². The van der Waals surface area contributed by atoms with Crippen LogP contribution in [-0.4, -0.2) is 54.3 Å². The third-order valence-electron chi connectivity index (χ3n) is 5.25. The van der Waals surface area contributed by atoms with Gasteiger partial charge in [-0.15, -0.1) is 0 Å². The Morgan fingerprint density at radius 2 is 1.96 bits per heavy atom. The van der Waals surface area contributed by atoms with Crippen LogP contribution < -0.4 is 5.32 Å². The molecule has 0 unspecified atom stereocenters. The van der Waals surface area contributed by atoms with Crippen molar-refractivity contribution < 1.29 is 14.0 Å². The fraction of sp³-hybridized carbons (Fsp3) is 0.550. The second kappa shape index (κ2) is 8.96. The Bertz CT molecular complexity index is 723. The molecule has 0 saturated heterocycles. The van der Waals surface area contributed by atoms with Gasteiger partial charge in [0, 0.05) is 12.7 Å². The van der Waals surface area contributed by atoms with Crippen LogP contribution >= 0.6 is 0 Å². The maximum atomic E-state index is 13.2. The largest absolute Gasteiger partial charge is 0.326 e. The van der Waals surface area contributed by atoms with Crippen molar-refractivity contribution >= 4 is 17.5 Å². The molecule has 0 radical (unpaired) electrons. The number of hydrogen-bond acceptors (Lipinski definition) is 4. The zero-order valence-corrected chi connectivity index (χ0v) is 16.2. The lowest BCUT2D eigenvalue weighted by Crippen LogP contribution is -2.53. The summed E-state index contributed by atoms with van der Waals surface area (Å²) in [5, 5.41) is 12.3. The third-order valence-corrected chi connectivity index (χ3v) is 5.25. The number of amides is 2. The Labute approximate surface area is 159 Å². The quantitative estimate of drug-likeness (QED) is 0.830. The monoisotopic (exact) mass is 374 g/mol. The highest BCUT2D eigenvalue weighted by Crippen LogP contribution is 2.35. The van der Waals surface area contributed by atoms with Gasteiger partial charge in [-0.05, 0) is 56.8 Å². The maximum absolute atomic E-state index is 13.2. The van der Waals surface area contributed by atoms with Crippen LogP contribution in [0.15, 0.2) is 24.3 Å². The summed E-state index contributed by atoms with van der Waals surface area (Å²) in [6.45, 7) is 2.19. The summed E-state index contributed by atoms with van der Waals surface area (Å²) in [5.41, 5.74) is -0.384. The first-order valence-electron chi connectivity index (χ1n) is 9.17. The van der Waals surface area contributed by atoms with Crippen molar-refractivity contribution in [3.63, 3.8) is 0 Å². The molecule has 2 rings (SSSR count). The van der Waals surface area contributed by atoms with Crippen molar-refractivity contribution in [1.82, 2.24) is 9.80 Å². The number of nitrogens with zero attached hydrogens (tertiary/aromatic N) is 3. The summed E-state index contributed by atoms with van der Waals surface area (Å²) in [6.07, 6.45) is 3.21. The lowest BCUT2D eigenvalue weighted by Gasteiger charge is -2.41. The molecule has 6 nitrogen and oxygen atoms in total. The van der Waals surface area contributed by atoms with Gasteiger partial charge >= 0.3 is 0 Å². The number of anilines is 1. The molecule has 1 aromatic carbocycles. The molecule has 0 aromatic heterocycles. The van der Waals surface area contributed by atoms with E-state index in [9.17, 15) is 19.2 Å². The predicted molar refractivity (Wildman–Crippen MR) is 101 cm³/mol. The molecule has 146 valence electrons. The van der Waals surface area contributed by atoms with Gasteiger partial charge in [-0.1, -0.05) is 13.0 Å². The van der Waals surface area contributed by atoms with Crippen LogP contribution in [-0.2, 0) is 9.59 Å². The molecule has 1 saturated carbocycles. The van der Waals surface area contributed by atoms with Gasteiger partial charge in [-0.2, -0.15) is 5.26 Å². The number of carbonyl (C=O) groups is 2. The van der Waals surface area contributed by atoms with Crippen molar-refractivity contribution in [3.8, 4) is 6.07 Å². The Morgan fingerprint density at radius 1 is 1.30 bits per heavy atom. The number of nitrogens with one attached hydrogen (secondary N) is 1. The van der Waals surface area contributed by atoms with Crippen LogP contribution in [0.1, 0.15) is 32.6 Å². The van der Waals surface area contributed by atoms with Crippen LogP contribution in [0.25, 0.3) is 0 Å². The minimum atomic E-state index is -0.756. The van der Waals surface area contributed by atoms with Gasteiger partial charge in [-0.3, -0.25) is 14.5 Å². The van der Waals surface area contributed by atoms with Crippen molar-refractivity contribution in [1.29, 1.82) is 5.26 Å². The Kier molecular flexibility index (Phi) is 6.92. The molecular formula is C20H27FN4O2. The van der Waals surface area contributed by atoms with Gasteiger partial charge in [0.25, 0.3) is 0 Å². The van der Waals surface area contributed by atoms with Crippen molar-refractivity contribution in [2.24, 2.45) is 5.92 Å². The summed E-state index contributed by atoms with van der Waals surface area (Å²) in [5.74, 6) is -0.377. The van der Waals surface area contributed by atoms with E-state index in [0.29, 0.717) is 24.4 Å². The third kappa shape index (κ3) is 5.51. The second-order valence-electron chi connectivity index (χ2n) is 7.51. The van der Waals surface area contributed by atoms with Crippen LogP contribution in [0.4, 0.5) is 10.1 Å². The summed E-state index contributed by atoms with van der Waals surface area (Å²) in [7, 11) is 3.33. The van der Waals surface area contributed by atoms with Crippen LogP contribution in [0.3, 0.4) is 0 Å². The first kappa shape index (κ1) is 20.8. The minimum absolute atomic E-state index is 0.00726. The van der Waals surface area contributed by atoms with Gasteiger partial charge in [0.05, 0.1) is 19.2 Å². The maximum Gasteiger partial charge on any atom is 0.238 e. The fourth-order valence-corrected chi connectivity index (χ4v) is 3.41. The predicted octanol–water partition coefficient (Wildman–Crippen LogP) is 2.63. The SMILES string of the molecule is CC1CCC(C#N)(N(C)C(=O)CN(C)CC(=O)Nc2cccc(F)c2)CC1. The Morgan fingerprint density at radius 3 is 2.56 bits per heavy atom. The number of carbonyl (C=O) groups excluding carboxylic acids is 2. The lowest BCUT2D eigenvalue weighted by atomic mass is 9.77. The molecule has 1 aliphatic rings. The minimum Gasteiger partial charge on any atom is -0.326 e. The van der Waals surface area contributed by atoms with Crippen molar-refractivity contribution in [2.75, 3.05) is 32.5 Å². The molecule has 0 aliphatic heterocycles. The van der Waals surface area contributed by atoms with Gasteiger partial charge in [0.1, 0.15) is 11.4 Å². The van der Waals surface area contributed by atoms with E-state index in [0.717, 1.165) is 12.8 Å². The van der Waals surface area contributed by atoms with Gasteiger partial charge < -0.3 is 10.2 Å². The van der Waals surface area contributed by atoms with E-state index in [-0.39, 0.29) is 24.9 Å². The number of hydrogen-bond donors (Lipinski definition) is 1. The molecule has 1 N–H and O–H groups in total. The lowest BCUT2D eigenvalue weighted by molar-refractivity contribution is -0.136. The molecule has 0 heterocycles. The Balaban J connectivity index is 1.88. The summed E-state index contributed by atoms with van der Waals surface area (Å²) < 4.78 is 13.2. The standard InChI is InChI=1S/C20H27FN4O2/c1-15-7-9-20(14-22,10-8-15)25(3)19(27)13-24(2)12-18(26)23-17-6-4-5-16(21)11-17/h4-6,11,15H,7-10,12-13H2,1-3H3,(H,23,26). The summed E-state index contributed by atoms with van der Waals surface area (Å²) in [4.78, 5) is 27.9. The molecule has 0 bridgehead atoms. The highest BCUT2D eigenvalue weighted by molar-refractivity contribution is 5.92. The van der Waals surface area contributed by atoms with Gasteiger partial charge in [0.2, 0.25) is 11.8 Å². The zero-order chi connectivity index (χ0) is 20.0. The molecule has 2 amide bonds. The van der Waals surface area contributed by atoms with E-state index >= 15 is 0 Å². The van der Waals surface area contributed by atoms with Crippen LogP contribution in [0.5, 0.6) is 0 Å². The normalized spacial score (nSPS) is 22.1. The molecule has 1 fully saturated rings. The Hall–Kier alpha value is -2.46. The van der Waals surface area contributed by atoms with E-state index in [1.807, 2.05) is 0 Å². The first-order chi connectivity index (χ1) is 12.8. The zero-order valence-electron chi connectivity index (χ0n) is 16.2. The molecule has 0 spiro atoms. The van der Waals surface area contributed by atoms with E-state index in [1.165, 1.54) is 18.2 Å². The molecular weight excluding hydrogens is 347 g/mol. The van der Waals surface area contributed by atoms with E-state index in [4.69, 9.17) is 0 Å². The van der Waals surface area contributed by atoms with E-state index in [2.05, 4.69) is 18.3 Å². The van der Waals surface area contributed by atoms with Crippen molar-refractivity contribution in [2.45, 2.75) is 38.1 Å². The van der Waals surface area contributed by atoms with E-state index < -0.39 is 11.4 Å². The molecule has 7 heteroatoms. The number of rotatable bonds is 6. The smallest absolute Gasteiger partial charge is 0.238 e. The number of halogens is 1. The van der Waals surface area contributed by atoms with Crippen LogP contribution in [0.2, 0.25) is 0 Å². The van der Waals surface area contributed by atoms with Crippen molar-refractivity contribution in [3.05, 3.63) is 30.1 Å². The number of benzene rings is 1. The summed E-state index contributed by atoms with van der Waals surface area (Å²) in [6, 6.07) is 7.99. The highest BCUT2D eigenvalue weighted by atomic mass is 19.1. The number of nitriles is 1. The molecule has 27 heavy (non-hydrogen) atoms. The molecule has 0 atom stereocenters. The van der Waals surface area contributed by atoms with Crippen LogP contribution in [0, 0.1) is 23.1 Å². The van der Waals surface area contributed by atoms with E-state index in [1.54, 1.807) is 30.0 Å².